The van der Waals surface area contributed by atoms with Crippen molar-refractivity contribution in [1.29, 1.82) is 0 Å². The van der Waals surface area contributed by atoms with Crippen LogP contribution < -0.4 is 4.74 Å². The van der Waals surface area contributed by atoms with E-state index in [9.17, 15) is 9.59 Å². The van der Waals surface area contributed by atoms with Gasteiger partial charge in [-0.1, -0.05) is 37.6 Å². The first kappa shape index (κ1) is 26.4. The summed E-state index contributed by atoms with van der Waals surface area (Å²) in [6, 6.07) is 18.2. The summed E-state index contributed by atoms with van der Waals surface area (Å²) in [4.78, 5) is 34.0. The van der Waals surface area contributed by atoms with Crippen LogP contribution in [0.4, 0.5) is 0 Å². The highest BCUT2D eigenvalue weighted by Crippen LogP contribution is 2.38. The Bertz CT molecular complexity index is 1250. The Hall–Kier alpha value is -3.16. The van der Waals surface area contributed by atoms with Crippen LogP contribution in [0.3, 0.4) is 0 Å². The number of aryl methyl sites for hydroxylation is 1. The molecule has 0 bridgehead atoms. The summed E-state index contributed by atoms with van der Waals surface area (Å²) in [6.45, 7) is 8.47. The van der Waals surface area contributed by atoms with Crippen molar-refractivity contribution < 1.29 is 14.3 Å². The van der Waals surface area contributed by atoms with Gasteiger partial charge < -0.3 is 14.5 Å². The molecule has 200 valence electrons. The number of piperazine rings is 1. The van der Waals surface area contributed by atoms with Gasteiger partial charge in [0.2, 0.25) is 5.91 Å². The zero-order chi connectivity index (χ0) is 26.5. The van der Waals surface area contributed by atoms with E-state index < -0.39 is 0 Å². The summed E-state index contributed by atoms with van der Waals surface area (Å²) >= 11 is 1.82. The summed E-state index contributed by atoms with van der Waals surface area (Å²) in [5.41, 5.74) is 4.52. The number of carbonyl (C=O) groups is 2. The molecule has 6 nitrogen and oxygen atoms in total. The number of nitrogens with zero attached hydrogens (tertiary/aromatic N) is 3. The lowest BCUT2D eigenvalue weighted by atomic mass is 9.90. The molecule has 0 N–H and O–H groups in total. The molecule has 5 rings (SSSR count). The minimum absolute atomic E-state index is 0.0119. The van der Waals surface area contributed by atoms with E-state index in [4.69, 9.17) is 4.74 Å². The highest BCUT2D eigenvalue weighted by atomic mass is 32.1. The van der Waals surface area contributed by atoms with Crippen LogP contribution in [0.15, 0.2) is 60.0 Å². The summed E-state index contributed by atoms with van der Waals surface area (Å²) in [5, 5.41) is 2.17. The van der Waals surface area contributed by atoms with Gasteiger partial charge in [0.25, 0.3) is 5.91 Å². The number of benzene rings is 2. The highest BCUT2D eigenvalue weighted by molar-refractivity contribution is 7.10. The number of carbonyl (C=O) groups excluding carboxylic acids is 2. The van der Waals surface area contributed by atoms with Crippen molar-refractivity contribution in [2.45, 2.75) is 39.2 Å². The van der Waals surface area contributed by atoms with Gasteiger partial charge in [0.05, 0.1) is 19.2 Å². The highest BCUT2D eigenvalue weighted by Gasteiger charge is 2.33. The lowest BCUT2D eigenvalue weighted by Gasteiger charge is -2.39. The second-order valence-electron chi connectivity index (χ2n) is 10.2. The smallest absolute Gasteiger partial charge is 0.253 e. The number of hydrogen-bond acceptors (Lipinski definition) is 5. The fourth-order valence-electron chi connectivity index (χ4n) is 5.44. The van der Waals surface area contributed by atoms with Gasteiger partial charge in [0.15, 0.2) is 0 Å². The maximum Gasteiger partial charge on any atom is 0.253 e. The maximum absolute atomic E-state index is 13.4. The Balaban J connectivity index is 1.19. The number of fused-ring (bicyclic) bond motifs is 1. The monoisotopic (exact) mass is 531 g/mol. The molecule has 2 aromatic carbocycles. The van der Waals surface area contributed by atoms with Crippen molar-refractivity contribution in [3.63, 3.8) is 0 Å². The van der Waals surface area contributed by atoms with Gasteiger partial charge in [-0.15, -0.1) is 11.3 Å². The van der Waals surface area contributed by atoms with Crippen molar-refractivity contribution in [3.05, 3.63) is 87.1 Å². The molecule has 1 atom stereocenters. The third-order valence-corrected chi connectivity index (χ3v) is 8.67. The van der Waals surface area contributed by atoms with Gasteiger partial charge >= 0.3 is 0 Å². The first-order valence-electron chi connectivity index (χ1n) is 13.7. The third-order valence-electron chi connectivity index (χ3n) is 7.67. The average molecular weight is 532 g/mol. The molecule has 0 unspecified atom stereocenters. The Labute approximate surface area is 229 Å². The van der Waals surface area contributed by atoms with E-state index in [0.717, 1.165) is 31.6 Å². The molecule has 7 heteroatoms. The number of hydrogen-bond donors (Lipinski definition) is 0. The molecule has 0 radical (unpaired) electrons. The molecule has 1 aromatic heterocycles. The van der Waals surface area contributed by atoms with Crippen LogP contribution in [0.1, 0.15) is 57.7 Å². The van der Waals surface area contributed by atoms with Gasteiger partial charge in [0, 0.05) is 43.2 Å². The normalized spacial score (nSPS) is 17.8. The Kier molecular flexibility index (Phi) is 8.45. The molecule has 0 aliphatic carbocycles. The predicted octanol–water partition coefficient (Wildman–Crippen LogP) is 5.17. The van der Waals surface area contributed by atoms with Gasteiger partial charge in [-0.25, -0.2) is 0 Å². The summed E-state index contributed by atoms with van der Waals surface area (Å²) in [5.74, 6) is 0.947. The first-order chi connectivity index (χ1) is 18.5. The van der Waals surface area contributed by atoms with Gasteiger partial charge in [0.1, 0.15) is 5.75 Å². The number of amides is 2. The fourth-order valence-corrected chi connectivity index (χ4v) is 6.34. The molecule has 2 aliphatic rings. The molecule has 2 aliphatic heterocycles. The van der Waals surface area contributed by atoms with E-state index in [-0.39, 0.29) is 17.9 Å². The van der Waals surface area contributed by atoms with E-state index in [1.165, 1.54) is 21.6 Å². The van der Waals surface area contributed by atoms with Crippen molar-refractivity contribution in [1.82, 2.24) is 14.7 Å². The van der Waals surface area contributed by atoms with Crippen LogP contribution in [0.2, 0.25) is 0 Å². The lowest BCUT2D eigenvalue weighted by molar-refractivity contribution is -0.134. The summed E-state index contributed by atoms with van der Waals surface area (Å²) < 4.78 is 5.71. The molecule has 1 fully saturated rings. The average Bonchev–Trinajstić information content (AvgIpc) is 3.43. The van der Waals surface area contributed by atoms with Crippen molar-refractivity contribution in [2.75, 3.05) is 45.9 Å². The van der Waals surface area contributed by atoms with Crippen molar-refractivity contribution in [2.24, 2.45) is 0 Å². The van der Waals surface area contributed by atoms with Crippen LogP contribution in [-0.4, -0.2) is 72.4 Å². The van der Waals surface area contributed by atoms with E-state index in [1.54, 1.807) is 0 Å². The van der Waals surface area contributed by atoms with Crippen LogP contribution in [0.5, 0.6) is 5.75 Å². The van der Waals surface area contributed by atoms with Gasteiger partial charge in [-0.2, -0.15) is 0 Å². The summed E-state index contributed by atoms with van der Waals surface area (Å²) in [7, 11) is 0. The minimum Gasteiger partial charge on any atom is -0.494 e. The third kappa shape index (κ3) is 5.79. The second kappa shape index (κ2) is 12.1. The van der Waals surface area contributed by atoms with Gasteiger partial charge in [-0.05, 0) is 72.2 Å². The Morgan fingerprint density at radius 1 is 0.921 bits per heavy atom. The number of unbranched alkanes of at least 4 members (excludes halogenated alkanes) is 1. The van der Waals surface area contributed by atoms with Crippen LogP contribution >= 0.6 is 11.3 Å². The van der Waals surface area contributed by atoms with E-state index >= 15 is 0 Å². The topological polar surface area (TPSA) is 53.1 Å². The van der Waals surface area contributed by atoms with E-state index in [2.05, 4.69) is 54.5 Å². The predicted molar refractivity (Wildman–Crippen MR) is 152 cm³/mol. The lowest BCUT2D eigenvalue weighted by Crippen LogP contribution is -2.53. The van der Waals surface area contributed by atoms with Crippen molar-refractivity contribution in [3.8, 4) is 5.75 Å². The van der Waals surface area contributed by atoms with Crippen LogP contribution in [0, 0.1) is 6.92 Å². The molecular weight excluding hydrogens is 494 g/mol. The zero-order valence-corrected chi connectivity index (χ0v) is 23.2. The van der Waals surface area contributed by atoms with Crippen molar-refractivity contribution >= 4 is 23.2 Å². The fraction of sp³-hybridized carbons (Fsp3) is 0.419. The molecular formula is C31H37N3O3S. The largest absolute Gasteiger partial charge is 0.494 e. The minimum atomic E-state index is 0.0119. The molecule has 1 saturated heterocycles. The molecule has 38 heavy (non-hydrogen) atoms. The quantitative estimate of drug-likeness (QED) is 0.377. The summed E-state index contributed by atoms with van der Waals surface area (Å²) in [6.07, 6.45) is 3.09. The number of thiophene rings is 1. The molecule has 0 saturated carbocycles. The van der Waals surface area contributed by atoms with Crippen LogP contribution in [-0.2, 0) is 11.2 Å². The first-order valence-corrected chi connectivity index (χ1v) is 14.6. The number of rotatable bonds is 8. The van der Waals surface area contributed by atoms with E-state index in [1.807, 2.05) is 45.4 Å². The zero-order valence-electron chi connectivity index (χ0n) is 22.4. The van der Waals surface area contributed by atoms with E-state index in [0.29, 0.717) is 44.9 Å². The van der Waals surface area contributed by atoms with Crippen LogP contribution in [0.25, 0.3) is 0 Å². The Morgan fingerprint density at radius 3 is 2.39 bits per heavy atom. The Morgan fingerprint density at radius 2 is 1.66 bits per heavy atom. The molecule has 2 amide bonds. The molecule has 0 spiro atoms. The molecule has 3 aromatic rings. The SMILES string of the molecule is CCCCOc1ccc(C(=O)N2CCN(C(=O)CN3CCc4sccc4[C@@H]3c3ccccc3C)CC2)cc1. The number of ether oxygens (including phenoxy) is 1. The second-order valence-corrected chi connectivity index (χ2v) is 11.2. The van der Waals surface area contributed by atoms with Gasteiger partial charge in [-0.3, -0.25) is 14.5 Å². The molecule has 3 heterocycles. The maximum atomic E-state index is 13.4. The standard InChI is InChI=1S/C31H37N3O3S/c1-3-4-20-37-25-11-9-24(10-12-25)31(36)33-18-16-32(17-19-33)29(35)22-34-15-13-28-27(14-21-38-28)30(34)26-8-6-5-7-23(26)2/h5-12,14,21,30H,3-4,13,15-20,22H2,1-2H3/t30-/m0/s1.